The minimum Gasteiger partial charge on any atom is -0.477 e. The molecule has 1 N–H and O–H groups in total. The molecular formula is C10H9N3O4. The van der Waals surface area contributed by atoms with Gasteiger partial charge in [0.25, 0.3) is 5.56 Å². The van der Waals surface area contributed by atoms with Gasteiger partial charge < -0.3 is 5.11 Å². The molecule has 0 aliphatic carbocycles. The van der Waals surface area contributed by atoms with E-state index in [0.717, 1.165) is 9.13 Å². The fourth-order valence-electron chi connectivity index (χ4n) is 1.57. The first-order valence-corrected chi connectivity index (χ1v) is 4.73. The molecule has 0 bridgehead atoms. The van der Waals surface area contributed by atoms with E-state index in [0.29, 0.717) is 0 Å². The number of aryl methyl sites for hydroxylation is 1. The number of aromatic carboxylic acids is 1. The molecule has 7 nitrogen and oxygen atoms in total. The van der Waals surface area contributed by atoms with E-state index < -0.39 is 17.2 Å². The SMILES string of the molecule is Cn1c(=O)c2ccc(C(=O)O)nc2n(C)c1=O. The van der Waals surface area contributed by atoms with Crippen molar-refractivity contribution in [3.63, 3.8) is 0 Å². The largest absolute Gasteiger partial charge is 0.477 e. The molecule has 0 fully saturated rings. The van der Waals surface area contributed by atoms with Crippen molar-refractivity contribution in [2.75, 3.05) is 0 Å². The van der Waals surface area contributed by atoms with E-state index in [4.69, 9.17) is 5.11 Å². The first-order valence-electron chi connectivity index (χ1n) is 4.73. The van der Waals surface area contributed by atoms with Gasteiger partial charge in [0.2, 0.25) is 0 Å². The molecule has 0 unspecified atom stereocenters. The van der Waals surface area contributed by atoms with Gasteiger partial charge in [0.1, 0.15) is 5.65 Å². The average Bonchev–Trinajstić information content (AvgIpc) is 2.32. The Kier molecular flexibility index (Phi) is 2.31. The maximum atomic E-state index is 11.7. The summed E-state index contributed by atoms with van der Waals surface area (Å²) >= 11 is 0. The third-order valence-corrected chi connectivity index (χ3v) is 2.52. The smallest absolute Gasteiger partial charge is 0.354 e. The van der Waals surface area contributed by atoms with Crippen LogP contribution in [0, 0.1) is 0 Å². The third kappa shape index (κ3) is 1.52. The average molecular weight is 235 g/mol. The lowest BCUT2D eigenvalue weighted by molar-refractivity contribution is 0.0691. The third-order valence-electron chi connectivity index (χ3n) is 2.52. The zero-order chi connectivity index (χ0) is 12.7. The lowest BCUT2D eigenvalue weighted by atomic mass is 10.3. The number of hydrogen-bond donors (Lipinski definition) is 1. The van der Waals surface area contributed by atoms with Crippen molar-refractivity contribution in [3.05, 3.63) is 38.7 Å². The molecule has 0 amide bonds. The topological polar surface area (TPSA) is 94.2 Å². The molecule has 0 spiro atoms. The maximum absolute atomic E-state index is 11.7. The summed E-state index contributed by atoms with van der Waals surface area (Å²) in [7, 11) is 2.79. The summed E-state index contributed by atoms with van der Waals surface area (Å²) in [6.07, 6.45) is 0. The second kappa shape index (κ2) is 3.55. The van der Waals surface area contributed by atoms with E-state index >= 15 is 0 Å². The highest BCUT2D eigenvalue weighted by Crippen LogP contribution is 2.05. The number of aromatic nitrogens is 3. The Labute approximate surface area is 94.6 Å². The highest BCUT2D eigenvalue weighted by molar-refractivity contribution is 5.88. The van der Waals surface area contributed by atoms with Crippen LogP contribution in [0.5, 0.6) is 0 Å². The normalized spacial score (nSPS) is 10.7. The van der Waals surface area contributed by atoms with Gasteiger partial charge >= 0.3 is 11.7 Å². The quantitative estimate of drug-likeness (QED) is 0.707. The van der Waals surface area contributed by atoms with Gasteiger partial charge in [0, 0.05) is 14.1 Å². The van der Waals surface area contributed by atoms with Crippen LogP contribution in [0.3, 0.4) is 0 Å². The van der Waals surface area contributed by atoms with E-state index in [1.54, 1.807) is 0 Å². The summed E-state index contributed by atoms with van der Waals surface area (Å²) < 4.78 is 2.09. The van der Waals surface area contributed by atoms with Gasteiger partial charge in [-0.3, -0.25) is 13.9 Å². The van der Waals surface area contributed by atoms with Crippen molar-refractivity contribution in [3.8, 4) is 0 Å². The predicted molar refractivity (Wildman–Crippen MR) is 59.2 cm³/mol. The summed E-state index contributed by atoms with van der Waals surface area (Å²) in [5.74, 6) is -1.21. The van der Waals surface area contributed by atoms with Gasteiger partial charge in [-0.1, -0.05) is 0 Å². The number of carboxylic acid groups (broad SMARTS) is 1. The molecule has 2 aromatic rings. The number of hydrogen-bond acceptors (Lipinski definition) is 4. The molecule has 17 heavy (non-hydrogen) atoms. The Bertz CT molecular complexity index is 742. The number of pyridine rings is 1. The highest BCUT2D eigenvalue weighted by atomic mass is 16.4. The number of nitrogens with zero attached hydrogens (tertiary/aromatic N) is 3. The Morgan fingerprint density at radius 3 is 2.47 bits per heavy atom. The summed E-state index contributed by atoms with van der Waals surface area (Å²) in [5.41, 5.74) is -1.18. The van der Waals surface area contributed by atoms with Gasteiger partial charge in [-0.2, -0.15) is 0 Å². The van der Waals surface area contributed by atoms with Crippen molar-refractivity contribution < 1.29 is 9.90 Å². The Morgan fingerprint density at radius 1 is 1.24 bits per heavy atom. The molecule has 0 saturated carbocycles. The van der Waals surface area contributed by atoms with Crippen molar-refractivity contribution in [1.82, 2.24) is 14.1 Å². The van der Waals surface area contributed by atoms with E-state index in [2.05, 4.69) is 4.98 Å². The van der Waals surface area contributed by atoms with Crippen LogP contribution in [0.4, 0.5) is 0 Å². The molecule has 0 aliphatic rings. The molecular weight excluding hydrogens is 226 g/mol. The minimum absolute atomic E-state index is 0.0676. The van der Waals surface area contributed by atoms with Crippen LogP contribution in [-0.4, -0.2) is 25.2 Å². The molecule has 2 heterocycles. The fraction of sp³-hybridized carbons (Fsp3) is 0.200. The summed E-state index contributed by atoms with van der Waals surface area (Å²) in [4.78, 5) is 37.9. The maximum Gasteiger partial charge on any atom is 0.354 e. The first kappa shape index (κ1) is 11.1. The van der Waals surface area contributed by atoms with E-state index in [-0.39, 0.29) is 16.7 Å². The van der Waals surface area contributed by atoms with Gasteiger partial charge in [-0.25, -0.2) is 14.6 Å². The number of carboxylic acids is 1. The lowest BCUT2D eigenvalue weighted by Gasteiger charge is -2.06. The Balaban J connectivity index is 3.02. The molecule has 7 heteroatoms. The monoisotopic (exact) mass is 235 g/mol. The standard InChI is InChI=1S/C10H9N3O4/c1-12-7-5(8(14)13(2)10(12)17)3-4-6(11-7)9(15)16/h3-4H,1-2H3,(H,15,16). The van der Waals surface area contributed by atoms with E-state index in [1.165, 1.54) is 26.2 Å². The highest BCUT2D eigenvalue weighted by Gasteiger charge is 2.12. The second-order valence-corrected chi connectivity index (χ2v) is 3.58. The Hall–Kier alpha value is -2.44. The predicted octanol–water partition coefficient (Wildman–Crippen LogP) is -0.670. The van der Waals surface area contributed by atoms with Crippen LogP contribution in [-0.2, 0) is 14.1 Å². The zero-order valence-corrected chi connectivity index (χ0v) is 9.17. The van der Waals surface area contributed by atoms with Crippen LogP contribution in [0.2, 0.25) is 0 Å². The van der Waals surface area contributed by atoms with Crippen molar-refractivity contribution >= 4 is 17.0 Å². The summed E-state index contributed by atoms with van der Waals surface area (Å²) in [6, 6.07) is 2.59. The van der Waals surface area contributed by atoms with E-state index in [1.807, 2.05) is 0 Å². The molecule has 0 aliphatic heterocycles. The fourth-order valence-corrected chi connectivity index (χ4v) is 1.57. The van der Waals surface area contributed by atoms with Crippen LogP contribution < -0.4 is 11.2 Å². The van der Waals surface area contributed by atoms with Crippen LogP contribution in [0.25, 0.3) is 11.0 Å². The van der Waals surface area contributed by atoms with E-state index in [9.17, 15) is 14.4 Å². The summed E-state index contributed by atoms with van der Waals surface area (Å²) in [5, 5.41) is 9.00. The van der Waals surface area contributed by atoms with Gasteiger partial charge in [-0.05, 0) is 12.1 Å². The zero-order valence-electron chi connectivity index (χ0n) is 9.17. The van der Waals surface area contributed by atoms with Crippen molar-refractivity contribution in [2.45, 2.75) is 0 Å². The number of carbonyl (C=O) groups is 1. The van der Waals surface area contributed by atoms with Gasteiger partial charge in [-0.15, -0.1) is 0 Å². The number of rotatable bonds is 1. The number of fused-ring (bicyclic) bond motifs is 1. The molecule has 0 aromatic carbocycles. The molecule has 2 rings (SSSR count). The first-order chi connectivity index (χ1) is 7.93. The Morgan fingerprint density at radius 2 is 1.88 bits per heavy atom. The van der Waals surface area contributed by atoms with Gasteiger partial charge in [0.15, 0.2) is 5.69 Å². The lowest BCUT2D eigenvalue weighted by Crippen LogP contribution is -2.37. The van der Waals surface area contributed by atoms with Crippen LogP contribution in [0.15, 0.2) is 21.7 Å². The van der Waals surface area contributed by atoms with Crippen molar-refractivity contribution in [1.29, 1.82) is 0 Å². The molecule has 2 aromatic heterocycles. The molecule has 0 radical (unpaired) electrons. The van der Waals surface area contributed by atoms with Gasteiger partial charge in [0.05, 0.1) is 5.39 Å². The van der Waals surface area contributed by atoms with Crippen LogP contribution >= 0.6 is 0 Å². The van der Waals surface area contributed by atoms with Crippen LogP contribution in [0.1, 0.15) is 10.5 Å². The molecule has 88 valence electrons. The minimum atomic E-state index is -1.21. The second-order valence-electron chi connectivity index (χ2n) is 3.58. The summed E-state index contributed by atoms with van der Waals surface area (Å²) in [6.45, 7) is 0. The molecule has 0 saturated heterocycles. The van der Waals surface area contributed by atoms with Crippen molar-refractivity contribution in [2.24, 2.45) is 14.1 Å². The molecule has 0 atom stereocenters.